The first-order chi connectivity index (χ1) is 11.0. The number of nitrogens with zero attached hydrogens (tertiary/aromatic N) is 1. The number of hydrogen-bond donors (Lipinski definition) is 1. The standard InChI is InChI=1S/C17H16Cl2N2O2/c1-2-21(13-6-4-3-5-7-13)16(22)11-20-17(23)12-8-9-14(18)15(19)10-12/h3-10H,2,11H2,1H3,(H,20,23). The summed E-state index contributed by atoms with van der Waals surface area (Å²) in [5.41, 5.74) is 1.15. The highest BCUT2D eigenvalue weighted by Crippen LogP contribution is 2.22. The van der Waals surface area contributed by atoms with E-state index in [1.807, 2.05) is 37.3 Å². The van der Waals surface area contributed by atoms with E-state index in [9.17, 15) is 9.59 Å². The maximum absolute atomic E-state index is 12.3. The molecule has 0 aliphatic rings. The summed E-state index contributed by atoms with van der Waals surface area (Å²) in [5.74, 6) is -0.562. The zero-order chi connectivity index (χ0) is 16.8. The van der Waals surface area contributed by atoms with Gasteiger partial charge in [0.1, 0.15) is 0 Å². The molecule has 2 aromatic carbocycles. The van der Waals surface area contributed by atoms with E-state index in [0.717, 1.165) is 5.69 Å². The fraction of sp³-hybridized carbons (Fsp3) is 0.176. The minimum absolute atomic E-state index is 0.0954. The van der Waals surface area contributed by atoms with Gasteiger partial charge in [-0.3, -0.25) is 9.59 Å². The van der Waals surface area contributed by atoms with Crippen molar-refractivity contribution < 1.29 is 9.59 Å². The van der Waals surface area contributed by atoms with Crippen molar-refractivity contribution in [3.05, 3.63) is 64.1 Å². The quantitative estimate of drug-likeness (QED) is 0.891. The number of benzene rings is 2. The molecule has 0 bridgehead atoms. The molecule has 0 fully saturated rings. The first-order valence-corrected chi connectivity index (χ1v) is 7.87. The number of halogens is 2. The fourth-order valence-electron chi connectivity index (χ4n) is 2.10. The summed E-state index contributed by atoms with van der Waals surface area (Å²) >= 11 is 11.7. The van der Waals surface area contributed by atoms with Gasteiger partial charge >= 0.3 is 0 Å². The lowest BCUT2D eigenvalue weighted by Gasteiger charge is -2.21. The second-order valence-corrected chi connectivity index (χ2v) is 5.60. The van der Waals surface area contributed by atoms with Crippen LogP contribution in [-0.2, 0) is 4.79 Å². The largest absolute Gasteiger partial charge is 0.343 e. The van der Waals surface area contributed by atoms with Gasteiger partial charge in [0.15, 0.2) is 0 Å². The van der Waals surface area contributed by atoms with Gasteiger partial charge in [-0.05, 0) is 37.3 Å². The summed E-state index contributed by atoms with van der Waals surface area (Å²) < 4.78 is 0. The van der Waals surface area contributed by atoms with Gasteiger partial charge in [0.25, 0.3) is 5.91 Å². The maximum Gasteiger partial charge on any atom is 0.251 e. The monoisotopic (exact) mass is 350 g/mol. The Hall–Kier alpha value is -2.04. The van der Waals surface area contributed by atoms with E-state index in [2.05, 4.69) is 5.32 Å². The predicted molar refractivity (Wildman–Crippen MR) is 93.3 cm³/mol. The van der Waals surface area contributed by atoms with Crippen molar-refractivity contribution in [2.24, 2.45) is 0 Å². The zero-order valence-electron chi connectivity index (χ0n) is 12.6. The van der Waals surface area contributed by atoms with Gasteiger partial charge in [-0.2, -0.15) is 0 Å². The average Bonchev–Trinajstić information content (AvgIpc) is 2.57. The summed E-state index contributed by atoms with van der Waals surface area (Å²) in [7, 11) is 0. The molecule has 0 aliphatic heterocycles. The number of rotatable bonds is 5. The Morgan fingerprint density at radius 1 is 1.04 bits per heavy atom. The Balaban J connectivity index is 2.00. The molecule has 0 radical (unpaired) electrons. The molecule has 0 aromatic heterocycles. The molecule has 0 saturated heterocycles. The summed E-state index contributed by atoms with van der Waals surface area (Å²) in [4.78, 5) is 26.0. The van der Waals surface area contributed by atoms with Gasteiger partial charge in [0.2, 0.25) is 5.91 Å². The maximum atomic E-state index is 12.3. The lowest BCUT2D eigenvalue weighted by molar-refractivity contribution is -0.117. The van der Waals surface area contributed by atoms with Gasteiger partial charge in [-0.1, -0.05) is 41.4 Å². The molecule has 0 saturated carbocycles. The number of nitrogens with one attached hydrogen (secondary N) is 1. The van der Waals surface area contributed by atoms with Crippen molar-refractivity contribution in [1.82, 2.24) is 5.32 Å². The van der Waals surface area contributed by atoms with E-state index in [1.165, 1.54) is 6.07 Å². The molecule has 23 heavy (non-hydrogen) atoms. The van der Waals surface area contributed by atoms with E-state index in [0.29, 0.717) is 22.2 Å². The number of carbonyl (C=O) groups is 2. The van der Waals surface area contributed by atoms with Crippen LogP contribution in [0.5, 0.6) is 0 Å². The Labute approximate surface area is 145 Å². The van der Waals surface area contributed by atoms with Crippen molar-refractivity contribution in [3.63, 3.8) is 0 Å². The van der Waals surface area contributed by atoms with E-state index in [-0.39, 0.29) is 18.4 Å². The Bertz CT molecular complexity index is 705. The Morgan fingerprint density at radius 3 is 2.35 bits per heavy atom. The van der Waals surface area contributed by atoms with E-state index >= 15 is 0 Å². The molecule has 0 atom stereocenters. The second-order valence-electron chi connectivity index (χ2n) is 4.79. The van der Waals surface area contributed by atoms with Crippen molar-refractivity contribution in [3.8, 4) is 0 Å². The van der Waals surface area contributed by atoms with Crippen LogP contribution < -0.4 is 10.2 Å². The normalized spacial score (nSPS) is 10.2. The zero-order valence-corrected chi connectivity index (χ0v) is 14.1. The predicted octanol–water partition coefficient (Wildman–Crippen LogP) is 3.78. The van der Waals surface area contributed by atoms with Crippen LogP contribution in [0.3, 0.4) is 0 Å². The summed E-state index contributed by atoms with van der Waals surface area (Å²) in [6.45, 7) is 2.30. The van der Waals surface area contributed by atoms with E-state index in [1.54, 1.807) is 17.0 Å². The first kappa shape index (κ1) is 17.3. The van der Waals surface area contributed by atoms with Gasteiger partial charge in [0.05, 0.1) is 16.6 Å². The second kappa shape index (κ2) is 7.99. The number of anilines is 1. The summed E-state index contributed by atoms with van der Waals surface area (Å²) in [6.07, 6.45) is 0. The highest BCUT2D eigenvalue weighted by Gasteiger charge is 2.15. The number of likely N-dealkylation sites (N-methyl/N-ethyl adjacent to an activating group) is 1. The molecule has 1 N–H and O–H groups in total. The third-order valence-corrected chi connectivity index (χ3v) is 4.01. The smallest absolute Gasteiger partial charge is 0.251 e. The van der Waals surface area contributed by atoms with Crippen LogP contribution in [0.15, 0.2) is 48.5 Å². The van der Waals surface area contributed by atoms with Gasteiger partial charge in [-0.25, -0.2) is 0 Å². The number of hydrogen-bond acceptors (Lipinski definition) is 2. The topological polar surface area (TPSA) is 49.4 Å². The number of amides is 2. The lowest BCUT2D eigenvalue weighted by Crippen LogP contribution is -2.40. The third-order valence-electron chi connectivity index (χ3n) is 3.27. The molecular weight excluding hydrogens is 335 g/mol. The van der Waals surface area contributed by atoms with Gasteiger partial charge < -0.3 is 10.2 Å². The molecule has 2 aromatic rings. The van der Waals surface area contributed by atoms with Crippen LogP contribution in [0.4, 0.5) is 5.69 Å². The van der Waals surface area contributed by atoms with Crippen LogP contribution >= 0.6 is 23.2 Å². The first-order valence-electron chi connectivity index (χ1n) is 7.11. The van der Waals surface area contributed by atoms with Crippen LogP contribution in [0.2, 0.25) is 10.0 Å². The van der Waals surface area contributed by atoms with Crippen molar-refractivity contribution >= 4 is 40.7 Å². The number of carbonyl (C=O) groups excluding carboxylic acids is 2. The van der Waals surface area contributed by atoms with Crippen LogP contribution in [0.25, 0.3) is 0 Å². The van der Waals surface area contributed by atoms with Crippen molar-refractivity contribution in [1.29, 1.82) is 0 Å². The van der Waals surface area contributed by atoms with Crippen LogP contribution in [0.1, 0.15) is 17.3 Å². The minimum Gasteiger partial charge on any atom is -0.343 e. The third kappa shape index (κ3) is 4.47. The van der Waals surface area contributed by atoms with E-state index in [4.69, 9.17) is 23.2 Å². The Morgan fingerprint density at radius 2 is 1.74 bits per heavy atom. The molecule has 0 aliphatic carbocycles. The highest BCUT2D eigenvalue weighted by molar-refractivity contribution is 6.42. The fourth-order valence-corrected chi connectivity index (χ4v) is 2.40. The SMILES string of the molecule is CCN(C(=O)CNC(=O)c1ccc(Cl)c(Cl)c1)c1ccccc1. The minimum atomic E-state index is -0.374. The average molecular weight is 351 g/mol. The highest BCUT2D eigenvalue weighted by atomic mass is 35.5. The molecule has 4 nitrogen and oxygen atoms in total. The molecule has 6 heteroatoms. The summed E-state index contributed by atoms with van der Waals surface area (Å²) in [6, 6.07) is 13.9. The van der Waals surface area contributed by atoms with Crippen molar-refractivity contribution in [2.45, 2.75) is 6.92 Å². The molecule has 120 valence electrons. The molecule has 2 rings (SSSR count). The van der Waals surface area contributed by atoms with E-state index < -0.39 is 0 Å². The molecule has 2 amide bonds. The molecule has 0 heterocycles. The number of para-hydroxylation sites is 1. The van der Waals surface area contributed by atoms with Gasteiger partial charge in [-0.15, -0.1) is 0 Å². The molecule has 0 spiro atoms. The molecular formula is C17H16Cl2N2O2. The van der Waals surface area contributed by atoms with Gasteiger partial charge in [0, 0.05) is 17.8 Å². The lowest BCUT2D eigenvalue weighted by atomic mass is 10.2. The van der Waals surface area contributed by atoms with Crippen molar-refractivity contribution in [2.75, 3.05) is 18.0 Å². The molecule has 0 unspecified atom stereocenters. The Kier molecular flexibility index (Phi) is 6.02. The van der Waals surface area contributed by atoms with Crippen LogP contribution in [0, 0.1) is 0 Å². The summed E-state index contributed by atoms with van der Waals surface area (Å²) in [5, 5.41) is 3.27. The van der Waals surface area contributed by atoms with Crippen LogP contribution in [-0.4, -0.2) is 24.9 Å².